The van der Waals surface area contributed by atoms with Crippen molar-refractivity contribution in [2.75, 3.05) is 37.0 Å². The molecule has 0 aliphatic carbocycles. The molecule has 1 unspecified atom stereocenters. The van der Waals surface area contributed by atoms with Gasteiger partial charge in [0, 0.05) is 36.7 Å². The number of hydrogen-bond donors (Lipinski definition) is 4. The Balaban J connectivity index is 1.95. The van der Waals surface area contributed by atoms with Gasteiger partial charge in [0.1, 0.15) is 0 Å². The summed E-state index contributed by atoms with van der Waals surface area (Å²) in [6.07, 6.45) is 7.36. The van der Waals surface area contributed by atoms with Gasteiger partial charge in [0.25, 0.3) is 5.91 Å². The number of carbonyl (C=O) groups is 2. The van der Waals surface area contributed by atoms with E-state index in [9.17, 15) is 14.7 Å². The molecule has 0 spiro atoms. The molecule has 0 saturated heterocycles. The van der Waals surface area contributed by atoms with Gasteiger partial charge in [0.2, 0.25) is 6.54 Å². The molecule has 31 heavy (non-hydrogen) atoms. The van der Waals surface area contributed by atoms with Crippen molar-refractivity contribution in [3.8, 4) is 0 Å². The number of benzene rings is 1. The average Bonchev–Trinajstić information content (AvgIpc) is 2.77. The van der Waals surface area contributed by atoms with Crippen LogP contribution >= 0.6 is 12.6 Å². The van der Waals surface area contributed by atoms with Crippen LogP contribution in [-0.2, 0) is 16.1 Å². The molecule has 0 fully saturated rings. The predicted molar refractivity (Wildman–Crippen MR) is 119 cm³/mol. The maximum Gasteiger partial charge on any atom is 0.286 e. The van der Waals surface area contributed by atoms with E-state index in [1.165, 1.54) is 0 Å². The summed E-state index contributed by atoms with van der Waals surface area (Å²) in [5.41, 5.74) is 2.86. The number of thiol groups is 1. The van der Waals surface area contributed by atoms with Gasteiger partial charge in [-0.25, -0.2) is 0 Å². The van der Waals surface area contributed by atoms with Crippen LogP contribution in [0.3, 0.4) is 0 Å². The van der Waals surface area contributed by atoms with E-state index < -0.39 is 17.9 Å². The molecule has 1 heterocycles. The highest BCUT2D eigenvalue weighted by molar-refractivity contribution is 7.80. The molecule has 0 aliphatic heterocycles. The highest BCUT2D eigenvalue weighted by atomic mass is 32.1. The number of nitrogens with one attached hydrogen (secondary N) is 1. The Morgan fingerprint density at radius 2 is 1.58 bits per heavy atom. The predicted octanol–water partition coefficient (Wildman–Crippen LogP) is -0.900. The zero-order valence-corrected chi connectivity index (χ0v) is 17.9. The summed E-state index contributed by atoms with van der Waals surface area (Å²) < 4.78 is 1.64. The van der Waals surface area contributed by atoms with Crippen molar-refractivity contribution in [3.05, 3.63) is 59.9 Å². The third-order valence-corrected chi connectivity index (χ3v) is 4.88. The smallest absolute Gasteiger partial charge is 0.286 e. The van der Waals surface area contributed by atoms with E-state index in [0.717, 1.165) is 16.8 Å². The second kappa shape index (κ2) is 12.7. The monoisotopic (exact) mass is 445 g/mol. The van der Waals surface area contributed by atoms with Crippen LogP contribution < -0.4 is 19.9 Å². The van der Waals surface area contributed by atoms with Gasteiger partial charge in [-0.05, 0) is 23.3 Å². The van der Waals surface area contributed by atoms with Crippen molar-refractivity contribution in [2.24, 2.45) is 0 Å². The van der Waals surface area contributed by atoms with Crippen molar-refractivity contribution in [2.45, 2.75) is 12.6 Å². The Kier molecular flexibility index (Phi) is 10.0. The summed E-state index contributed by atoms with van der Waals surface area (Å²) in [6.45, 7) is 0.940. The van der Waals surface area contributed by atoms with Crippen LogP contribution in [-0.4, -0.2) is 60.2 Å². The standard InChI is InChI=1S/C22H27N3O5S/c26-13-11-25(12-14-27)19-5-3-17(4-6-19)1-2-18-7-9-24(10-8-18)15-21(28)23-20(16-31)22(29)30/h1-10,20,26-27H,11-16H2,(H2-,23,28,29,30,31). The maximum atomic E-state index is 11.9. The fourth-order valence-corrected chi connectivity index (χ4v) is 3.11. The van der Waals surface area contributed by atoms with Gasteiger partial charge in [-0.3, -0.25) is 4.79 Å². The molecule has 8 nitrogen and oxygen atoms in total. The highest BCUT2D eigenvalue weighted by Gasteiger charge is 2.15. The summed E-state index contributed by atoms with van der Waals surface area (Å²) in [4.78, 5) is 24.7. The second-order valence-corrected chi connectivity index (χ2v) is 7.15. The van der Waals surface area contributed by atoms with Crippen LogP contribution in [0.5, 0.6) is 0 Å². The number of aliphatic hydroxyl groups is 2. The number of aromatic nitrogens is 1. The van der Waals surface area contributed by atoms with E-state index >= 15 is 0 Å². The number of rotatable bonds is 12. The van der Waals surface area contributed by atoms with Crippen LogP contribution in [0.1, 0.15) is 11.1 Å². The molecule has 1 atom stereocenters. The minimum atomic E-state index is -1.36. The zero-order valence-electron chi connectivity index (χ0n) is 17.1. The number of anilines is 1. The molecule has 166 valence electrons. The van der Waals surface area contributed by atoms with Crippen LogP contribution in [0.25, 0.3) is 12.2 Å². The highest BCUT2D eigenvalue weighted by Crippen LogP contribution is 2.16. The van der Waals surface area contributed by atoms with Crippen LogP contribution in [0.15, 0.2) is 48.8 Å². The first-order chi connectivity index (χ1) is 15.0. The molecule has 2 aromatic rings. The summed E-state index contributed by atoms with van der Waals surface area (Å²) in [5, 5.41) is 31.5. The first kappa shape index (κ1) is 24.4. The molecule has 2 rings (SSSR count). The van der Waals surface area contributed by atoms with Gasteiger partial charge in [0.05, 0.1) is 25.2 Å². The molecular formula is C22H27N3O5S. The minimum absolute atomic E-state index is 0.0127. The van der Waals surface area contributed by atoms with Crippen LogP contribution in [0.2, 0.25) is 0 Å². The first-order valence-corrected chi connectivity index (χ1v) is 10.4. The Morgan fingerprint density at radius 3 is 2.06 bits per heavy atom. The van der Waals surface area contributed by atoms with E-state index in [4.69, 9.17) is 10.2 Å². The average molecular weight is 446 g/mol. The summed E-state index contributed by atoms with van der Waals surface area (Å²) >= 11 is 3.88. The van der Waals surface area contributed by atoms with E-state index in [0.29, 0.717) is 13.1 Å². The van der Waals surface area contributed by atoms with Crippen LogP contribution in [0.4, 0.5) is 5.69 Å². The van der Waals surface area contributed by atoms with Gasteiger partial charge in [-0.15, -0.1) is 0 Å². The summed E-state index contributed by atoms with van der Waals surface area (Å²) in [7, 11) is 0. The van der Waals surface area contributed by atoms with Crippen molar-refractivity contribution in [3.63, 3.8) is 0 Å². The minimum Gasteiger partial charge on any atom is -0.548 e. The zero-order chi connectivity index (χ0) is 22.6. The number of amides is 1. The number of carboxylic acid groups (broad SMARTS) is 1. The molecule has 1 amide bonds. The third kappa shape index (κ3) is 8.05. The number of hydrogen-bond acceptors (Lipinski definition) is 7. The lowest BCUT2D eigenvalue weighted by atomic mass is 10.1. The van der Waals surface area contributed by atoms with E-state index in [-0.39, 0.29) is 25.5 Å². The number of aliphatic carboxylic acids is 1. The molecular weight excluding hydrogens is 418 g/mol. The number of pyridine rings is 1. The summed E-state index contributed by atoms with van der Waals surface area (Å²) in [6, 6.07) is 10.4. The molecule has 9 heteroatoms. The van der Waals surface area contributed by atoms with Crippen LogP contribution in [0, 0.1) is 0 Å². The Hall–Kier alpha value is -2.88. The lowest BCUT2D eigenvalue weighted by molar-refractivity contribution is -0.684. The van der Waals surface area contributed by atoms with Gasteiger partial charge in [-0.2, -0.15) is 17.2 Å². The fourth-order valence-electron chi connectivity index (χ4n) is 2.87. The normalized spacial score (nSPS) is 12.0. The quantitative estimate of drug-likeness (QED) is 0.249. The molecule has 0 radical (unpaired) electrons. The summed E-state index contributed by atoms with van der Waals surface area (Å²) in [5.74, 6) is -1.84. The Labute approximate surface area is 186 Å². The van der Waals surface area contributed by atoms with E-state index in [1.54, 1.807) is 17.0 Å². The van der Waals surface area contributed by atoms with Gasteiger partial charge >= 0.3 is 0 Å². The van der Waals surface area contributed by atoms with Crippen molar-refractivity contribution < 1.29 is 29.5 Å². The third-order valence-electron chi connectivity index (χ3n) is 4.51. The van der Waals surface area contributed by atoms with Crippen molar-refractivity contribution in [1.82, 2.24) is 5.32 Å². The number of carboxylic acids is 1. The van der Waals surface area contributed by atoms with Crippen molar-refractivity contribution >= 4 is 42.3 Å². The number of aliphatic hydroxyl groups excluding tert-OH is 2. The lowest BCUT2D eigenvalue weighted by Gasteiger charge is -2.22. The topological polar surface area (TPSA) is 117 Å². The Morgan fingerprint density at radius 1 is 1.03 bits per heavy atom. The first-order valence-electron chi connectivity index (χ1n) is 9.81. The molecule has 1 aromatic carbocycles. The maximum absolute atomic E-state index is 11.9. The molecule has 3 N–H and O–H groups in total. The van der Waals surface area contributed by atoms with Crippen molar-refractivity contribution in [1.29, 1.82) is 0 Å². The Bertz CT molecular complexity index is 866. The largest absolute Gasteiger partial charge is 0.548 e. The second-order valence-electron chi connectivity index (χ2n) is 6.78. The fraction of sp³-hybridized carbons (Fsp3) is 0.318. The lowest BCUT2D eigenvalue weighted by Crippen LogP contribution is -2.52. The SMILES string of the molecule is O=C(C[n+]1ccc(/C=C/c2ccc(N(CCO)CCO)cc2)cc1)NC(CS)C(=O)[O-]. The molecule has 1 aromatic heterocycles. The van der Waals surface area contributed by atoms with E-state index in [2.05, 4.69) is 17.9 Å². The van der Waals surface area contributed by atoms with E-state index in [1.807, 2.05) is 53.5 Å². The molecule has 0 bridgehead atoms. The van der Waals surface area contributed by atoms with Gasteiger partial charge in [-0.1, -0.05) is 24.3 Å². The van der Waals surface area contributed by atoms with Gasteiger partial charge in [0.15, 0.2) is 12.4 Å². The van der Waals surface area contributed by atoms with Gasteiger partial charge < -0.3 is 30.3 Å². The molecule has 0 aliphatic rings. The number of nitrogens with zero attached hydrogens (tertiary/aromatic N) is 2. The molecule has 0 saturated carbocycles. The number of carbonyl (C=O) groups excluding carboxylic acids is 2.